The van der Waals surface area contributed by atoms with Crippen molar-refractivity contribution in [2.75, 3.05) is 13.7 Å². The maximum absolute atomic E-state index is 12.0. The van der Waals surface area contributed by atoms with Crippen LogP contribution in [-0.4, -0.2) is 25.6 Å². The highest BCUT2D eigenvalue weighted by molar-refractivity contribution is 9.10. The Morgan fingerprint density at radius 2 is 1.88 bits per heavy atom. The lowest BCUT2D eigenvalue weighted by Gasteiger charge is -2.14. The molecule has 1 N–H and O–H groups in total. The fourth-order valence-electron chi connectivity index (χ4n) is 2.12. The molecule has 0 radical (unpaired) electrons. The first-order valence-corrected chi connectivity index (χ1v) is 8.15. The average molecular weight is 392 g/mol. The zero-order chi connectivity index (χ0) is 17.5. The molecule has 1 atom stereocenters. The molecule has 2 rings (SSSR count). The summed E-state index contributed by atoms with van der Waals surface area (Å²) in [6.07, 6.45) is 0. The molecule has 2 aromatic carbocycles. The predicted molar refractivity (Wildman–Crippen MR) is 94.0 cm³/mol. The van der Waals surface area contributed by atoms with E-state index in [1.54, 1.807) is 18.2 Å². The van der Waals surface area contributed by atoms with Gasteiger partial charge in [-0.3, -0.25) is 4.79 Å². The van der Waals surface area contributed by atoms with E-state index in [2.05, 4.69) is 21.2 Å². The summed E-state index contributed by atoms with van der Waals surface area (Å²) in [7, 11) is 1.54. The highest BCUT2D eigenvalue weighted by Crippen LogP contribution is 2.25. The van der Waals surface area contributed by atoms with Crippen LogP contribution in [0.4, 0.5) is 0 Å². The summed E-state index contributed by atoms with van der Waals surface area (Å²) in [6.45, 7) is 1.54. The highest BCUT2D eigenvalue weighted by Gasteiger charge is 2.14. The van der Waals surface area contributed by atoms with Gasteiger partial charge in [0.15, 0.2) is 6.61 Å². The van der Waals surface area contributed by atoms with Crippen LogP contribution in [-0.2, 0) is 9.53 Å². The Hall–Kier alpha value is -2.34. The van der Waals surface area contributed by atoms with Gasteiger partial charge in [0.05, 0.1) is 23.2 Å². The molecule has 0 heterocycles. The van der Waals surface area contributed by atoms with Crippen molar-refractivity contribution in [3.05, 3.63) is 64.1 Å². The number of hydrogen-bond donors (Lipinski definition) is 1. The van der Waals surface area contributed by atoms with Crippen molar-refractivity contribution in [3.63, 3.8) is 0 Å². The van der Waals surface area contributed by atoms with Gasteiger partial charge in [-0.1, -0.05) is 30.3 Å². The number of carbonyl (C=O) groups excluding carboxylic acids is 2. The molecule has 0 spiro atoms. The maximum atomic E-state index is 12.0. The van der Waals surface area contributed by atoms with Gasteiger partial charge in [-0.15, -0.1) is 0 Å². The summed E-state index contributed by atoms with van der Waals surface area (Å²) in [5.41, 5.74) is 1.32. The van der Waals surface area contributed by atoms with E-state index in [-0.39, 0.29) is 18.6 Å². The third-order valence-corrected chi connectivity index (χ3v) is 4.02. The number of halogens is 1. The van der Waals surface area contributed by atoms with Gasteiger partial charge in [0.2, 0.25) is 0 Å². The van der Waals surface area contributed by atoms with E-state index >= 15 is 0 Å². The van der Waals surface area contributed by atoms with Crippen molar-refractivity contribution >= 4 is 27.8 Å². The molecule has 0 fully saturated rings. The molecule has 1 amide bonds. The van der Waals surface area contributed by atoms with Crippen LogP contribution in [0.2, 0.25) is 0 Å². The van der Waals surface area contributed by atoms with Crippen LogP contribution >= 0.6 is 15.9 Å². The normalized spacial score (nSPS) is 11.5. The van der Waals surface area contributed by atoms with E-state index in [0.29, 0.717) is 15.8 Å². The molecule has 24 heavy (non-hydrogen) atoms. The van der Waals surface area contributed by atoms with E-state index < -0.39 is 5.97 Å². The molecule has 0 unspecified atom stereocenters. The monoisotopic (exact) mass is 391 g/mol. The molecular formula is C18H18BrNO4. The van der Waals surface area contributed by atoms with Crippen LogP contribution in [0.5, 0.6) is 5.75 Å². The zero-order valence-electron chi connectivity index (χ0n) is 13.4. The third-order valence-electron chi connectivity index (χ3n) is 3.40. The lowest BCUT2D eigenvalue weighted by atomic mass is 10.1. The second kappa shape index (κ2) is 8.49. The number of rotatable bonds is 6. The molecule has 6 heteroatoms. The summed E-state index contributed by atoms with van der Waals surface area (Å²) in [5, 5.41) is 2.79. The highest BCUT2D eigenvalue weighted by atomic mass is 79.9. The first kappa shape index (κ1) is 18.0. The van der Waals surface area contributed by atoms with Gasteiger partial charge in [0.25, 0.3) is 5.91 Å². The SMILES string of the molecule is COc1ccc(C(=O)OCC(=O)N[C@H](C)c2ccccc2)cc1Br. The van der Waals surface area contributed by atoms with Crippen molar-refractivity contribution in [3.8, 4) is 5.75 Å². The number of ether oxygens (including phenoxy) is 2. The van der Waals surface area contributed by atoms with Crippen molar-refractivity contribution < 1.29 is 19.1 Å². The predicted octanol–water partition coefficient (Wildman–Crippen LogP) is 3.49. The van der Waals surface area contributed by atoms with E-state index in [0.717, 1.165) is 5.56 Å². The lowest BCUT2D eigenvalue weighted by Crippen LogP contribution is -2.31. The lowest BCUT2D eigenvalue weighted by molar-refractivity contribution is -0.124. The van der Waals surface area contributed by atoms with Crippen LogP contribution in [0.3, 0.4) is 0 Å². The summed E-state index contributed by atoms with van der Waals surface area (Å²) in [5.74, 6) is -0.311. The van der Waals surface area contributed by atoms with Gasteiger partial charge in [0, 0.05) is 0 Å². The number of methoxy groups -OCH3 is 1. The number of amides is 1. The Morgan fingerprint density at radius 1 is 1.17 bits per heavy atom. The molecule has 0 aliphatic carbocycles. The van der Waals surface area contributed by atoms with Crippen LogP contribution in [0.15, 0.2) is 53.0 Å². The third kappa shape index (κ3) is 4.83. The molecule has 5 nitrogen and oxygen atoms in total. The van der Waals surface area contributed by atoms with E-state index in [4.69, 9.17) is 9.47 Å². The minimum absolute atomic E-state index is 0.160. The van der Waals surface area contributed by atoms with Crippen molar-refractivity contribution in [2.24, 2.45) is 0 Å². The zero-order valence-corrected chi connectivity index (χ0v) is 15.0. The topological polar surface area (TPSA) is 64.6 Å². The van der Waals surface area contributed by atoms with E-state index in [1.165, 1.54) is 7.11 Å². The Morgan fingerprint density at radius 3 is 2.50 bits per heavy atom. The second-order valence-corrected chi connectivity index (χ2v) is 5.98. The molecule has 0 aromatic heterocycles. The smallest absolute Gasteiger partial charge is 0.338 e. The van der Waals surface area contributed by atoms with Gasteiger partial charge < -0.3 is 14.8 Å². The Kier molecular flexibility index (Phi) is 6.37. The van der Waals surface area contributed by atoms with Crippen LogP contribution in [0, 0.1) is 0 Å². The number of carbonyl (C=O) groups is 2. The van der Waals surface area contributed by atoms with Gasteiger partial charge in [-0.25, -0.2) is 4.79 Å². The summed E-state index contributed by atoms with van der Waals surface area (Å²) in [6, 6.07) is 14.2. The molecule has 126 valence electrons. The molecule has 0 saturated heterocycles. The Bertz CT molecular complexity index is 718. The maximum Gasteiger partial charge on any atom is 0.338 e. The van der Waals surface area contributed by atoms with Gasteiger partial charge >= 0.3 is 5.97 Å². The van der Waals surface area contributed by atoms with Crippen molar-refractivity contribution in [1.29, 1.82) is 0 Å². The molecule has 0 bridgehead atoms. The van der Waals surface area contributed by atoms with Crippen molar-refractivity contribution in [2.45, 2.75) is 13.0 Å². The summed E-state index contributed by atoms with van der Waals surface area (Å²) < 4.78 is 10.8. The molecule has 0 saturated carbocycles. The molecular weight excluding hydrogens is 374 g/mol. The van der Waals surface area contributed by atoms with Crippen LogP contribution in [0.1, 0.15) is 28.9 Å². The van der Waals surface area contributed by atoms with Gasteiger partial charge in [0.1, 0.15) is 5.75 Å². The number of nitrogens with one attached hydrogen (secondary N) is 1. The Balaban J connectivity index is 1.87. The van der Waals surface area contributed by atoms with Crippen LogP contribution in [0.25, 0.3) is 0 Å². The Labute approximate surface area is 149 Å². The first-order chi connectivity index (χ1) is 11.5. The van der Waals surface area contributed by atoms with Crippen LogP contribution < -0.4 is 10.1 Å². The summed E-state index contributed by atoms with van der Waals surface area (Å²) in [4.78, 5) is 23.9. The quantitative estimate of drug-likeness (QED) is 0.765. The number of esters is 1. The molecule has 0 aliphatic rings. The molecule has 2 aromatic rings. The average Bonchev–Trinajstić information content (AvgIpc) is 2.60. The fraction of sp³-hybridized carbons (Fsp3) is 0.222. The largest absolute Gasteiger partial charge is 0.496 e. The van der Waals surface area contributed by atoms with E-state index in [9.17, 15) is 9.59 Å². The second-order valence-electron chi connectivity index (χ2n) is 5.13. The van der Waals surface area contributed by atoms with Gasteiger partial charge in [-0.2, -0.15) is 0 Å². The van der Waals surface area contributed by atoms with Gasteiger partial charge in [-0.05, 0) is 46.6 Å². The number of benzene rings is 2. The minimum Gasteiger partial charge on any atom is -0.496 e. The minimum atomic E-state index is -0.569. The molecule has 0 aliphatic heterocycles. The standard InChI is InChI=1S/C18H18BrNO4/c1-12(13-6-4-3-5-7-13)20-17(21)11-24-18(22)14-8-9-16(23-2)15(19)10-14/h3-10,12H,11H2,1-2H3,(H,20,21)/t12-/m1/s1. The fourth-order valence-corrected chi connectivity index (χ4v) is 2.66. The number of hydrogen-bond acceptors (Lipinski definition) is 4. The van der Waals surface area contributed by atoms with Crippen molar-refractivity contribution in [1.82, 2.24) is 5.32 Å². The summed E-state index contributed by atoms with van der Waals surface area (Å²) >= 11 is 3.30. The van der Waals surface area contributed by atoms with E-state index in [1.807, 2.05) is 37.3 Å². The first-order valence-electron chi connectivity index (χ1n) is 7.36.